The van der Waals surface area contributed by atoms with Gasteiger partial charge in [0.15, 0.2) is 0 Å². The van der Waals surface area contributed by atoms with E-state index >= 15 is 0 Å². The second kappa shape index (κ2) is 5.80. The summed E-state index contributed by atoms with van der Waals surface area (Å²) in [4.78, 5) is 6.85. The number of aromatic nitrogens is 1. The largest absolute Gasteiger partial charge is 0.389 e. The van der Waals surface area contributed by atoms with Gasteiger partial charge in [-0.25, -0.2) is 4.98 Å². The Labute approximate surface area is 119 Å². The van der Waals surface area contributed by atoms with Crippen molar-refractivity contribution in [2.45, 2.75) is 13.5 Å². The van der Waals surface area contributed by atoms with Crippen LogP contribution >= 0.6 is 12.2 Å². The van der Waals surface area contributed by atoms with Crippen LogP contribution in [0.1, 0.15) is 16.7 Å². The summed E-state index contributed by atoms with van der Waals surface area (Å²) in [5, 5.41) is 0. The third kappa shape index (κ3) is 3.51. The molecule has 1 aromatic heterocycles. The van der Waals surface area contributed by atoms with Gasteiger partial charge in [-0.3, -0.25) is 0 Å². The van der Waals surface area contributed by atoms with E-state index < -0.39 is 0 Å². The molecule has 0 amide bonds. The average Bonchev–Trinajstić information content (AvgIpc) is 2.39. The van der Waals surface area contributed by atoms with E-state index in [9.17, 15) is 0 Å². The minimum Gasteiger partial charge on any atom is -0.389 e. The molecule has 0 aliphatic carbocycles. The van der Waals surface area contributed by atoms with Crippen molar-refractivity contribution in [3.63, 3.8) is 0 Å². The van der Waals surface area contributed by atoms with Crippen LogP contribution in [-0.4, -0.2) is 17.0 Å². The van der Waals surface area contributed by atoms with Gasteiger partial charge >= 0.3 is 0 Å². The number of nitrogens with zero attached hydrogens (tertiary/aromatic N) is 2. The minimum atomic E-state index is 0.375. The lowest BCUT2D eigenvalue weighted by Gasteiger charge is -2.18. The maximum absolute atomic E-state index is 5.56. The molecule has 0 aliphatic heterocycles. The standard InChI is InChI=1S/C15H17N3S/c1-11-4-3-5-12(8-11)10-18(2)14-7-6-13(9-17-14)15(16)19/h3-9H,10H2,1-2H3,(H2,16,19). The van der Waals surface area contributed by atoms with Gasteiger partial charge in [0.05, 0.1) is 0 Å². The second-order valence-electron chi connectivity index (χ2n) is 4.61. The summed E-state index contributed by atoms with van der Waals surface area (Å²) in [5.41, 5.74) is 8.88. The smallest absolute Gasteiger partial charge is 0.128 e. The molecular weight excluding hydrogens is 254 g/mol. The van der Waals surface area contributed by atoms with Crippen LogP contribution in [0.2, 0.25) is 0 Å². The highest BCUT2D eigenvalue weighted by molar-refractivity contribution is 7.80. The van der Waals surface area contributed by atoms with Crippen molar-refractivity contribution < 1.29 is 0 Å². The summed E-state index contributed by atoms with van der Waals surface area (Å²) in [7, 11) is 2.02. The summed E-state index contributed by atoms with van der Waals surface area (Å²) < 4.78 is 0. The Balaban J connectivity index is 2.11. The van der Waals surface area contributed by atoms with Crippen LogP contribution in [0.4, 0.5) is 5.82 Å². The van der Waals surface area contributed by atoms with Gasteiger partial charge in [-0.15, -0.1) is 0 Å². The van der Waals surface area contributed by atoms with Gasteiger partial charge in [0.2, 0.25) is 0 Å². The number of hydrogen-bond donors (Lipinski definition) is 1. The molecule has 98 valence electrons. The first-order chi connectivity index (χ1) is 9.06. The van der Waals surface area contributed by atoms with E-state index in [0.29, 0.717) is 4.99 Å². The molecule has 3 nitrogen and oxygen atoms in total. The monoisotopic (exact) mass is 271 g/mol. The SMILES string of the molecule is Cc1cccc(CN(C)c2ccc(C(N)=S)cn2)c1. The highest BCUT2D eigenvalue weighted by Gasteiger charge is 2.04. The topological polar surface area (TPSA) is 42.1 Å². The lowest BCUT2D eigenvalue weighted by Crippen LogP contribution is -2.18. The fraction of sp³-hybridized carbons (Fsp3) is 0.200. The van der Waals surface area contributed by atoms with Gasteiger partial charge in [-0.1, -0.05) is 42.0 Å². The summed E-state index contributed by atoms with van der Waals surface area (Å²) in [6, 6.07) is 12.3. The lowest BCUT2D eigenvalue weighted by molar-refractivity contribution is 0.896. The Hall–Kier alpha value is -1.94. The van der Waals surface area contributed by atoms with E-state index in [4.69, 9.17) is 18.0 Å². The number of hydrogen-bond acceptors (Lipinski definition) is 3. The van der Waals surface area contributed by atoms with Crippen molar-refractivity contribution >= 4 is 23.0 Å². The third-order valence-corrected chi connectivity index (χ3v) is 3.16. The molecule has 0 aliphatic rings. The second-order valence-corrected chi connectivity index (χ2v) is 5.05. The molecule has 1 heterocycles. The molecule has 0 atom stereocenters. The maximum atomic E-state index is 5.56. The van der Waals surface area contributed by atoms with E-state index in [1.807, 2.05) is 19.2 Å². The van der Waals surface area contributed by atoms with Crippen molar-refractivity contribution in [3.8, 4) is 0 Å². The zero-order valence-corrected chi connectivity index (χ0v) is 11.9. The first-order valence-electron chi connectivity index (χ1n) is 6.09. The molecule has 0 spiro atoms. The van der Waals surface area contributed by atoms with E-state index in [2.05, 4.69) is 41.1 Å². The Kier molecular flexibility index (Phi) is 4.12. The van der Waals surface area contributed by atoms with Crippen LogP contribution in [-0.2, 0) is 6.54 Å². The van der Waals surface area contributed by atoms with E-state index in [1.165, 1.54) is 11.1 Å². The number of pyridine rings is 1. The first kappa shape index (κ1) is 13.5. The molecule has 2 N–H and O–H groups in total. The highest BCUT2D eigenvalue weighted by Crippen LogP contribution is 2.14. The molecule has 0 unspecified atom stereocenters. The molecule has 0 saturated carbocycles. The van der Waals surface area contributed by atoms with E-state index in [-0.39, 0.29) is 0 Å². The number of aryl methyl sites for hydroxylation is 1. The van der Waals surface area contributed by atoms with Gasteiger partial charge in [0.25, 0.3) is 0 Å². The summed E-state index contributed by atoms with van der Waals surface area (Å²) in [5.74, 6) is 0.904. The molecule has 0 bridgehead atoms. The zero-order valence-electron chi connectivity index (χ0n) is 11.1. The predicted octanol–water partition coefficient (Wildman–Crippen LogP) is 2.66. The van der Waals surface area contributed by atoms with Gasteiger partial charge in [0, 0.05) is 25.4 Å². The molecule has 19 heavy (non-hydrogen) atoms. The Morgan fingerprint density at radius 2 is 2.11 bits per heavy atom. The maximum Gasteiger partial charge on any atom is 0.128 e. The fourth-order valence-electron chi connectivity index (χ4n) is 1.92. The fourth-order valence-corrected chi connectivity index (χ4v) is 2.04. The van der Waals surface area contributed by atoms with Crippen LogP contribution in [0.25, 0.3) is 0 Å². The molecule has 1 aromatic carbocycles. The first-order valence-corrected chi connectivity index (χ1v) is 6.49. The number of nitrogens with two attached hydrogens (primary N) is 1. The van der Waals surface area contributed by atoms with E-state index in [1.54, 1.807) is 6.20 Å². The molecule has 2 rings (SSSR count). The predicted molar refractivity (Wildman–Crippen MR) is 83.4 cm³/mol. The van der Waals surface area contributed by atoms with Gasteiger partial charge in [0.1, 0.15) is 10.8 Å². The van der Waals surface area contributed by atoms with Gasteiger partial charge in [-0.2, -0.15) is 0 Å². The van der Waals surface area contributed by atoms with Crippen molar-refractivity contribution in [2.75, 3.05) is 11.9 Å². The number of thiocarbonyl (C=S) groups is 1. The quantitative estimate of drug-likeness (QED) is 0.868. The van der Waals surface area contributed by atoms with Crippen LogP contribution in [0.5, 0.6) is 0 Å². The van der Waals surface area contributed by atoms with E-state index in [0.717, 1.165) is 17.9 Å². The molecule has 0 radical (unpaired) electrons. The van der Waals surface area contributed by atoms with Crippen molar-refractivity contribution in [3.05, 3.63) is 59.3 Å². The average molecular weight is 271 g/mol. The van der Waals surface area contributed by atoms with Crippen molar-refractivity contribution in [1.29, 1.82) is 0 Å². The Morgan fingerprint density at radius 3 is 2.68 bits per heavy atom. The normalized spacial score (nSPS) is 10.2. The number of benzene rings is 1. The Morgan fingerprint density at radius 1 is 1.32 bits per heavy atom. The Bertz CT molecular complexity index is 578. The van der Waals surface area contributed by atoms with Gasteiger partial charge < -0.3 is 10.6 Å². The number of anilines is 1. The van der Waals surface area contributed by atoms with Crippen molar-refractivity contribution in [1.82, 2.24) is 4.98 Å². The molecule has 4 heteroatoms. The van der Waals surface area contributed by atoms with Crippen LogP contribution < -0.4 is 10.6 Å². The van der Waals surface area contributed by atoms with Gasteiger partial charge in [-0.05, 0) is 24.6 Å². The summed E-state index contributed by atoms with van der Waals surface area (Å²) in [6.07, 6.45) is 1.71. The third-order valence-electron chi connectivity index (χ3n) is 2.93. The van der Waals surface area contributed by atoms with Crippen molar-refractivity contribution in [2.24, 2.45) is 5.73 Å². The van der Waals surface area contributed by atoms with Crippen LogP contribution in [0.15, 0.2) is 42.6 Å². The minimum absolute atomic E-state index is 0.375. The van der Waals surface area contributed by atoms with Crippen LogP contribution in [0.3, 0.4) is 0 Å². The molecule has 0 saturated heterocycles. The summed E-state index contributed by atoms with van der Waals surface area (Å²) >= 11 is 4.91. The number of rotatable bonds is 4. The molecular formula is C15H17N3S. The molecule has 0 fully saturated rings. The summed E-state index contributed by atoms with van der Waals surface area (Å²) in [6.45, 7) is 2.92. The lowest BCUT2D eigenvalue weighted by atomic mass is 10.1. The molecule has 2 aromatic rings. The van der Waals surface area contributed by atoms with Crippen LogP contribution in [0, 0.1) is 6.92 Å². The highest BCUT2D eigenvalue weighted by atomic mass is 32.1. The zero-order chi connectivity index (χ0) is 13.8.